The van der Waals surface area contributed by atoms with Crippen molar-refractivity contribution >= 4 is 33.8 Å². The first-order valence-electron chi connectivity index (χ1n) is 8.82. The molecule has 5 nitrogen and oxygen atoms in total. The Morgan fingerprint density at radius 1 is 1.04 bits per heavy atom. The molecule has 0 saturated carbocycles. The summed E-state index contributed by atoms with van der Waals surface area (Å²) < 4.78 is 0. The van der Waals surface area contributed by atoms with E-state index in [1.165, 1.54) is 18.2 Å². The summed E-state index contributed by atoms with van der Waals surface area (Å²) in [6, 6.07) is 14.5. The van der Waals surface area contributed by atoms with Crippen LogP contribution in [0.25, 0.3) is 10.8 Å². The normalized spacial score (nSPS) is 15.5. The van der Waals surface area contributed by atoms with Crippen LogP contribution in [-0.4, -0.2) is 23.1 Å². The molecule has 0 unspecified atom stereocenters. The first kappa shape index (κ1) is 15.7. The predicted molar refractivity (Wildman–Crippen MR) is 104 cm³/mol. The van der Waals surface area contributed by atoms with E-state index in [9.17, 15) is 0 Å². The Kier molecular flexibility index (Phi) is 4.14. The van der Waals surface area contributed by atoms with Crippen molar-refractivity contribution in [3.05, 3.63) is 48.8 Å². The zero-order chi connectivity index (χ0) is 17.2. The first-order chi connectivity index (χ1) is 12.2. The van der Waals surface area contributed by atoms with Crippen molar-refractivity contribution in [3.63, 3.8) is 0 Å². The summed E-state index contributed by atoms with van der Waals surface area (Å²) in [5.74, 6) is 2.28. The van der Waals surface area contributed by atoms with E-state index in [1.54, 1.807) is 6.33 Å². The van der Waals surface area contributed by atoms with Gasteiger partial charge in [0.1, 0.15) is 12.0 Å². The van der Waals surface area contributed by atoms with Gasteiger partial charge in [0.15, 0.2) is 11.6 Å². The van der Waals surface area contributed by atoms with E-state index in [0.29, 0.717) is 11.5 Å². The SMILES string of the molecule is CC1CCN(c2ncnc(Nc3cccc4ccccc34)c2N)CC1. The first-order valence-corrected chi connectivity index (χ1v) is 8.82. The molecule has 0 amide bonds. The number of hydrogen-bond acceptors (Lipinski definition) is 5. The van der Waals surface area contributed by atoms with Gasteiger partial charge in [-0.1, -0.05) is 43.3 Å². The molecule has 0 bridgehead atoms. The summed E-state index contributed by atoms with van der Waals surface area (Å²) in [5.41, 5.74) is 8.03. The van der Waals surface area contributed by atoms with Gasteiger partial charge in [-0.25, -0.2) is 9.97 Å². The average Bonchev–Trinajstić information content (AvgIpc) is 2.65. The Balaban J connectivity index is 1.66. The lowest BCUT2D eigenvalue weighted by Crippen LogP contribution is -2.34. The molecule has 128 valence electrons. The maximum atomic E-state index is 6.41. The van der Waals surface area contributed by atoms with Gasteiger partial charge in [-0.2, -0.15) is 0 Å². The molecule has 0 spiro atoms. The molecule has 0 radical (unpaired) electrons. The fourth-order valence-corrected chi connectivity index (χ4v) is 3.42. The zero-order valence-electron chi connectivity index (χ0n) is 14.4. The maximum absolute atomic E-state index is 6.41. The summed E-state index contributed by atoms with van der Waals surface area (Å²) >= 11 is 0. The van der Waals surface area contributed by atoms with Gasteiger partial charge >= 0.3 is 0 Å². The number of nitrogens with one attached hydrogen (secondary N) is 1. The lowest BCUT2D eigenvalue weighted by atomic mass is 9.99. The highest BCUT2D eigenvalue weighted by Gasteiger charge is 2.20. The standard InChI is InChI=1S/C20H23N5/c1-14-9-11-25(12-10-14)20-18(21)19(22-13-23-20)24-17-8-4-6-15-5-2-3-7-16(15)17/h2-8,13-14H,9-12,21H2,1H3,(H,22,23,24). The van der Waals surface area contributed by atoms with Gasteiger partial charge in [0.05, 0.1) is 0 Å². The lowest BCUT2D eigenvalue weighted by Gasteiger charge is -2.32. The quantitative estimate of drug-likeness (QED) is 0.752. The summed E-state index contributed by atoms with van der Waals surface area (Å²) in [6.07, 6.45) is 3.95. The Morgan fingerprint density at radius 3 is 2.64 bits per heavy atom. The number of piperidine rings is 1. The third-order valence-corrected chi connectivity index (χ3v) is 4.99. The average molecular weight is 333 g/mol. The molecule has 3 N–H and O–H groups in total. The molecule has 0 aliphatic carbocycles. The minimum Gasteiger partial charge on any atom is -0.393 e. The summed E-state index contributed by atoms with van der Waals surface area (Å²) in [6.45, 7) is 4.29. The summed E-state index contributed by atoms with van der Waals surface area (Å²) in [5, 5.41) is 5.74. The molecule has 5 heteroatoms. The molecule has 3 aromatic rings. The molecule has 1 aromatic heterocycles. The van der Waals surface area contributed by atoms with E-state index in [4.69, 9.17) is 5.73 Å². The van der Waals surface area contributed by atoms with Crippen molar-refractivity contribution in [2.45, 2.75) is 19.8 Å². The van der Waals surface area contributed by atoms with Gasteiger partial charge in [-0.3, -0.25) is 0 Å². The van der Waals surface area contributed by atoms with Gasteiger partial charge in [0, 0.05) is 24.2 Å². The van der Waals surface area contributed by atoms with Gasteiger partial charge < -0.3 is 16.0 Å². The third kappa shape index (κ3) is 3.09. The second kappa shape index (κ2) is 6.59. The highest BCUT2D eigenvalue weighted by Crippen LogP contribution is 2.33. The van der Waals surface area contributed by atoms with Crippen molar-refractivity contribution in [3.8, 4) is 0 Å². The molecular formula is C20H23N5. The Labute approximate surface area is 147 Å². The van der Waals surface area contributed by atoms with Crippen molar-refractivity contribution in [2.75, 3.05) is 29.0 Å². The number of benzene rings is 2. The summed E-state index contributed by atoms with van der Waals surface area (Å²) in [4.78, 5) is 11.1. The van der Waals surface area contributed by atoms with Crippen molar-refractivity contribution in [1.82, 2.24) is 9.97 Å². The number of nitrogens with zero attached hydrogens (tertiary/aromatic N) is 3. The van der Waals surface area contributed by atoms with E-state index in [2.05, 4.69) is 45.3 Å². The Morgan fingerprint density at radius 2 is 1.80 bits per heavy atom. The van der Waals surface area contributed by atoms with E-state index in [1.807, 2.05) is 24.3 Å². The number of nitrogen functional groups attached to an aromatic ring is 1. The third-order valence-electron chi connectivity index (χ3n) is 4.99. The monoisotopic (exact) mass is 333 g/mol. The smallest absolute Gasteiger partial charge is 0.159 e. The molecule has 0 atom stereocenters. The number of anilines is 4. The number of hydrogen-bond donors (Lipinski definition) is 2. The van der Waals surface area contributed by atoms with E-state index >= 15 is 0 Å². The van der Waals surface area contributed by atoms with E-state index in [-0.39, 0.29) is 0 Å². The minimum absolute atomic E-state index is 0.616. The predicted octanol–water partition coefficient (Wildman–Crippen LogP) is 4.19. The Hall–Kier alpha value is -2.82. The van der Waals surface area contributed by atoms with Crippen LogP contribution in [0.5, 0.6) is 0 Å². The molecule has 2 heterocycles. The van der Waals surface area contributed by atoms with E-state index < -0.39 is 0 Å². The fourth-order valence-electron chi connectivity index (χ4n) is 3.42. The van der Waals surface area contributed by atoms with Crippen LogP contribution in [0.3, 0.4) is 0 Å². The van der Waals surface area contributed by atoms with Crippen LogP contribution in [0, 0.1) is 5.92 Å². The number of nitrogens with two attached hydrogens (primary N) is 1. The zero-order valence-corrected chi connectivity index (χ0v) is 14.4. The highest BCUT2D eigenvalue weighted by atomic mass is 15.2. The van der Waals surface area contributed by atoms with Crippen molar-refractivity contribution in [1.29, 1.82) is 0 Å². The van der Waals surface area contributed by atoms with Gasteiger partial charge in [0.2, 0.25) is 0 Å². The van der Waals surface area contributed by atoms with Crippen LogP contribution in [-0.2, 0) is 0 Å². The largest absolute Gasteiger partial charge is 0.393 e. The van der Waals surface area contributed by atoms with Gasteiger partial charge in [0.25, 0.3) is 0 Å². The van der Waals surface area contributed by atoms with Crippen LogP contribution < -0.4 is 16.0 Å². The topological polar surface area (TPSA) is 67.1 Å². The molecule has 25 heavy (non-hydrogen) atoms. The molecule has 1 saturated heterocycles. The molecule has 1 aliphatic rings. The second-order valence-corrected chi connectivity index (χ2v) is 6.78. The molecule has 4 rings (SSSR count). The Bertz CT molecular complexity index is 879. The van der Waals surface area contributed by atoms with Crippen LogP contribution in [0.2, 0.25) is 0 Å². The minimum atomic E-state index is 0.616. The van der Waals surface area contributed by atoms with Crippen LogP contribution in [0.15, 0.2) is 48.8 Å². The number of rotatable bonds is 3. The molecule has 2 aromatic carbocycles. The van der Waals surface area contributed by atoms with E-state index in [0.717, 1.165) is 35.9 Å². The number of fused-ring (bicyclic) bond motifs is 1. The summed E-state index contributed by atoms with van der Waals surface area (Å²) in [7, 11) is 0. The van der Waals surface area contributed by atoms with Crippen LogP contribution >= 0.6 is 0 Å². The highest BCUT2D eigenvalue weighted by molar-refractivity contribution is 5.96. The van der Waals surface area contributed by atoms with Crippen LogP contribution in [0.1, 0.15) is 19.8 Å². The molecular weight excluding hydrogens is 310 g/mol. The van der Waals surface area contributed by atoms with Gasteiger partial charge in [-0.15, -0.1) is 0 Å². The second-order valence-electron chi connectivity index (χ2n) is 6.78. The molecule has 1 aliphatic heterocycles. The van der Waals surface area contributed by atoms with Crippen LogP contribution in [0.4, 0.5) is 23.0 Å². The fraction of sp³-hybridized carbons (Fsp3) is 0.300. The van der Waals surface area contributed by atoms with Crippen molar-refractivity contribution in [2.24, 2.45) is 5.92 Å². The van der Waals surface area contributed by atoms with Crippen molar-refractivity contribution < 1.29 is 0 Å². The molecule has 1 fully saturated rings. The number of aromatic nitrogens is 2. The van der Waals surface area contributed by atoms with Gasteiger partial charge in [-0.05, 0) is 30.2 Å². The maximum Gasteiger partial charge on any atom is 0.159 e. The lowest BCUT2D eigenvalue weighted by molar-refractivity contribution is 0.437.